The Bertz CT molecular complexity index is 2380. The molecule has 0 fully saturated rings. The predicted molar refractivity (Wildman–Crippen MR) is 188 cm³/mol. The van der Waals surface area contributed by atoms with Crippen molar-refractivity contribution < 1.29 is 0 Å². The third kappa shape index (κ3) is 4.72. The maximum atomic E-state index is 12.6. The summed E-state index contributed by atoms with van der Waals surface area (Å²) >= 11 is 0. The lowest BCUT2D eigenvalue weighted by Crippen LogP contribution is -2.33. The predicted octanol–water partition coefficient (Wildman–Crippen LogP) is 7.86. The minimum atomic E-state index is -0.322. The third-order valence-corrected chi connectivity index (χ3v) is 8.83. The second-order valence-corrected chi connectivity index (χ2v) is 11.6. The number of hydrogen-bond donors (Lipinski definition) is 1. The van der Waals surface area contributed by atoms with Crippen LogP contribution >= 0.6 is 0 Å². The van der Waals surface area contributed by atoms with Gasteiger partial charge in [-0.3, -0.25) is 9.13 Å². The van der Waals surface area contributed by atoms with Crippen LogP contribution in [0.25, 0.3) is 44.1 Å². The van der Waals surface area contributed by atoms with Crippen molar-refractivity contribution in [2.75, 3.05) is 0 Å². The first-order chi connectivity index (χ1) is 22.5. The average Bonchev–Trinajstić information content (AvgIpc) is 3.34. The summed E-state index contributed by atoms with van der Waals surface area (Å²) in [5, 5.41) is 5.95. The van der Waals surface area contributed by atoms with E-state index in [1.54, 1.807) is 16.2 Å². The maximum absolute atomic E-state index is 12.6. The van der Waals surface area contributed by atoms with Crippen LogP contribution in [0.2, 0.25) is 0 Å². The fourth-order valence-electron chi connectivity index (χ4n) is 6.43. The second kappa shape index (κ2) is 11.2. The van der Waals surface area contributed by atoms with Crippen LogP contribution in [0.15, 0.2) is 154 Å². The molecule has 2 heterocycles. The van der Waals surface area contributed by atoms with E-state index in [1.165, 1.54) is 5.39 Å². The molecule has 7 aromatic rings. The van der Waals surface area contributed by atoms with Gasteiger partial charge in [0.25, 0.3) is 0 Å². The Balaban J connectivity index is 1.29. The molecule has 0 spiro atoms. The standard InChI is InChI=1S/C40H31N5O/c1-44-34-23-21-30(25-35(34)45(2)40(44)46)29-17-11-18-31(24-29)38-41-37(28-15-7-4-8-16-28)42-39(43-38)33-22-20-26-12-9-10-19-32(26)36(33)27-13-5-3-6-14-27/h3-25,37H,1-2H3,(H,41,42,43). The van der Waals surface area contributed by atoms with Gasteiger partial charge in [0.05, 0.1) is 11.0 Å². The number of hydrogen-bond acceptors (Lipinski definition) is 4. The number of aryl methyl sites for hydroxylation is 2. The van der Waals surface area contributed by atoms with Crippen LogP contribution in [0, 0.1) is 0 Å². The molecule has 6 nitrogen and oxygen atoms in total. The van der Waals surface area contributed by atoms with E-state index in [-0.39, 0.29) is 11.9 Å². The zero-order valence-corrected chi connectivity index (χ0v) is 25.6. The van der Waals surface area contributed by atoms with E-state index >= 15 is 0 Å². The van der Waals surface area contributed by atoms with E-state index in [2.05, 4.69) is 115 Å². The first-order valence-corrected chi connectivity index (χ1v) is 15.4. The van der Waals surface area contributed by atoms with Crippen LogP contribution < -0.4 is 11.0 Å². The molecule has 6 heteroatoms. The number of aliphatic imine (C=N–C) groups is 2. The summed E-state index contributed by atoms with van der Waals surface area (Å²) in [6.45, 7) is 0. The summed E-state index contributed by atoms with van der Waals surface area (Å²) < 4.78 is 3.37. The molecule has 0 radical (unpaired) electrons. The van der Waals surface area contributed by atoms with E-state index in [0.29, 0.717) is 5.84 Å². The highest BCUT2D eigenvalue weighted by Gasteiger charge is 2.24. The van der Waals surface area contributed by atoms with Crippen LogP contribution in [-0.4, -0.2) is 20.8 Å². The lowest BCUT2D eigenvalue weighted by atomic mass is 9.92. The minimum Gasteiger partial charge on any atom is -0.344 e. The molecule has 46 heavy (non-hydrogen) atoms. The molecule has 0 saturated heterocycles. The zero-order chi connectivity index (χ0) is 31.2. The molecular formula is C40H31N5O. The van der Waals surface area contributed by atoms with E-state index in [1.807, 2.05) is 37.4 Å². The SMILES string of the molecule is Cn1c(=O)n(C)c2cc(-c3cccc(C4=NC(c5ccc6ccccc6c5-c5ccccc5)=NC(c5ccccc5)N4)c3)ccc21. The van der Waals surface area contributed by atoms with Gasteiger partial charge in [-0.2, -0.15) is 0 Å². The zero-order valence-electron chi connectivity index (χ0n) is 25.6. The first kappa shape index (κ1) is 27.5. The van der Waals surface area contributed by atoms with Crippen molar-refractivity contribution in [3.05, 3.63) is 167 Å². The van der Waals surface area contributed by atoms with Crippen LogP contribution in [-0.2, 0) is 14.1 Å². The van der Waals surface area contributed by atoms with Gasteiger partial charge in [-0.1, -0.05) is 115 Å². The van der Waals surface area contributed by atoms with Crippen LogP contribution in [0.1, 0.15) is 22.9 Å². The molecule has 0 saturated carbocycles. The molecule has 1 aromatic heterocycles. The van der Waals surface area contributed by atoms with Gasteiger partial charge in [0.2, 0.25) is 0 Å². The number of imidazole rings is 1. The van der Waals surface area contributed by atoms with E-state index in [9.17, 15) is 4.79 Å². The smallest absolute Gasteiger partial charge is 0.328 e. The Morgan fingerprint density at radius 2 is 1.28 bits per heavy atom. The van der Waals surface area contributed by atoms with Gasteiger partial charge in [-0.05, 0) is 57.3 Å². The molecular weight excluding hydrogens is 566 g/mol. The molecule has 1 unspecified atom stereocenters. The molecule has 0 bridgehead atoms. The summed E-state index contributed by atoms with van der Waals surface area (Å²) in [5.41, 5.74) is 9.06. The number of nitrogens with zero attached hydrogens (tertiary/aromatic N) is 4. The van der Waals surface area contributed by atoms with Crippen LogP contribution in [0.4, 0.5) is 0 Å². The number of fused-ring (bicyclic) bond motifs is 2. The molecule has 0 amide bonds. The molecule has 1 atom stereocenters. The monoisotopic (exact) mass is 597 g/mol. The van der Waals surface area contributed by atoms with Gasteiger partial charge in [0.1, 0.15) is 12.0 Å². The van der Waals surface area contributed by atoms with Crippen molar-refractivity contribution in [2.24, 2.45) is 24.1 Å². The van der Waals surface area contributed by atoms with Crippen molar-refractivity contribution in [2.45, 2.75) is 6.17 Å². The fraction of sp³-hybridized carbons (Fsp3) is 0.0750. The van der Waals surface area contributed by atoms with Gasteiger partial charge in [-0.25, -0.2) is 14.8 Å². The molecule has 1 aliphatic heterocycles. The number of benzene rings is 6. The van der Waals surface area contributed by atoms with Gasteiger partial charge in [-0.15, -0.1) is 0 Å². The second-order valence-electron chi connectivity index (χ2n) is 11.6. The summed E-state index contributed by atoms with van der Waals surface area (Å²) in [7, 11) is 3.62. The van der Waals surface area contributed by atoms with E-state index < -0.39 is 0 Å². The van der Waals surface area contributed by atoms with Crippen molar-refractivity contribution >= 4 is 33.5 Å². The molecule has 222 valence electrons. The Labute approximate surface area is 266 Å². The van der Waals surface area contributed by atoms with Gasteiger partial charge < -0.3 is 5.32 Å². The number of nitrogens with one attached hydrogen (secondary N) is 1. The molecule has 8 rings (SSSR count). The van der Waals surface area contributed by atoms with Crippen molar-refractivity contribution in [1.82, 2.24) is 14.5 Å². The number of rotatable bonds is 5. The normalized spacial score (nSPS) is 14.6. The summed E-state index contributed by atoms with van der Waals surface area (Å²) in [5.74, 6) is 1.43. The van der Waals surface area contributed by atoms with Crippen LogP contribution in [0.3, 0.4) is 0 Å². The Morgan fingerprint density at radius 3 is 2.11 bits per heavy atom. The van der Waals surface area contributed by atoms with Gasteiger partial charge in [0, 0.05) is 30.8 Å². The first-order valence-electron chi connectivity index (χ1n) is 15.4. The Kier molecular flexibility index (Phi) is 6.68. The van der Waals surface area contributed by atoms with Crippen LogP contribution in [0.5, 0.6) is 0 Å². The number of aromatic nitrogens is 2. The minimum absolute atomic E-state index is 0.0380. The highest BCUT2D eigenvalue weighted by molar-refractivity contribution is 6.18. The summed E-state index contributed by atoms with van der Waals surface area (Å²) in [6.07, 6.45) is -0.322. The highest BCUT2D eigenvalue weighted by Crippen LogP contribution is 2.35. The van der Waals surface area contributed by atoms with E-state index in [0.717, 1.165) is 61.2 Å². The lowest BCUT2D eigenvalue weighted by molar-refractivity contribution is 0.674. The van der Waals surface area contributed by atoms with Crippen molar-refractivity contribution in [3.63, 3.8) is 0 Å². The topological polar surface area (TPSA) is 63.7 Å². The number of amidine groups is 2. The highest BCUT2D eigenvalue weighted by atomic mass is 16.1. The molecule has 1 N–H and O–H groups in total. The Hall–Kier alpha value is -6.01. The molecule has 6 aromatic carbocycles. The quantitative estimate of drug-likeness (QED) is 0.220. The van der Waals surface area contributed by atoms with Crippen molar-refractivity contribution in [3.8, 4) is 22.3 Å². The maximum Gasteiger partial charge on any atom is 0.328 e. The third-order valence-electron chi connectivity index (χ3n) is 8.83. The van der Waals surface area contributed by atoms with Crippen molar-refractivity contribution in [1.29, 1.82) is 0 Å². The average molecular weight is 598 g/mol. The Morgan fingerprint density at radius 1 is 0.609 bits per heavy atom. The summed E-state index contributed by atoms with van der Waals surface area (Å²) in [4.78, 5) is 23.0. The largest absolute Gasteiger partial charge is 0.344 e. The fourth-order valence-corrected chi connectivity index (χ4v) is 6.43. The van der Waals surface area contributed by atoms with E-state index in [4.69, 9.17) is 9.98 Å². The molecule has 1 aliphatic rings. The lowest BCUT2D eigenvalue weighted by Gasteiger charge is -2.25. The van der Waals surface area contributed by atoms with Gasteiger partial charge in [0.15, 0.2) is 5.84 Å². The van der Waals surface area contributed by atoms with Gasteiger partial charge >= 0.3 is 5.69 Å². The molecule has 0 aliphatic carbocycles. The summed E-state index contributed by atoms with van der Waals surface area (Å²) in [6, 6.07) is 48.1.